The molecule has 0 aliphatic carbocycles. The summed E-state index contributed by atoms with van der Waals surface area (Å²) in [6.45, 7) is 3.58. The maximum atomic E-state index is 12.4. The van der Waals surface area contributed by atoms with Gasteiger partial charge in [-0.3, -0.25) is 9.69 Å². The highest BCUT2D eigenvalue weighted by Crippen LogP contribution is 2.38. The van der Waals surface area contributed by atoms with Crippen molar-refractivity contribution >= 4 is 11.4 Å². The van der Waals surface area contributed by atoms with Crippen molar-refractivity contribution in [1.82, 2.24) is 9.78 Å². The Hall–Kier alpha value is -3.35. The lowest BCUT2D eigenvalue weighted by atomic mass is 9.99. The average Bonchev–Trinajstić information content (AvgIpc) is 3.18. The maximum absolute atomic E-state index is 12.4. The predicted molar refractivity (Wildman–Crippen MR) is 102 cm³/mol. The minimum atomic E-state index is -0.581. The molecule has 0 radical (unpaired) electrons. The van der Waals surface area contributed by atoms with Gasteiger partial charge in [0.2, 0.25) is 0 Å². The van der Waals surface area contributed by atoms with Crippen molar-refractivity contribution in [3.05, 3.63) is 75.6 Å². The molecule has 0 fully saturated rings. The normalized spacial score (nSPS) is 16.6. The highest BCUT2D eigenvalue weighted by atomic mass is 16.4. The third-order valence-corrected chi connectivity index (χ3v) is 4.68. The Morgan fingerprint density at radius 1 is 1.22 bits per heavy atom. The van der Waals surface area contributed by atoms with E-state index < -0.39 is 5.63 Å². The number of hydrogen-bond acceptors (Lipinski definition) is 6. The van der Waals surface area contributed by atoms with Crippen LogP contribution in [0.3, 0.4) is 0 Å². The molecule has 0 unspecified atom stereocenters. The average molecular weight is 364 g/mol. The number of para-hydroxylation sites is 1. The molecule has 7 heteroatoms. The van der Waals surface area contributed by atoms with Crippen LogP contribution in [0.5, 0.6) is 5.75 Å². The van der Waals surface area contributed by atoms with E-state index in [4.69, 9.17) is 4.42 Å². The molecule has 7 nitrogen and oxygen atoms in total. The van der Waals surface area contributed by atoms with Crippen molar-refractivity contribution in [2.24, 2.45) is 12.1 Å². The summed E-state index contributed by atoms with van der Waals surface area (Å²) in [5.41, 5.74) is 2.86. The lowest BCUT2D eigenvalue weighted by Crippen LogP contribution is -2.19. The monoisotopic (exact) mass is 364 g/mol. The third-order valence-electron chi connectivity index (χ3n) is 4.68. The molecule has 0 saturated heterocycles. The third kappa shape index (κ3) is 3.01. The summed E-state index contributed by atoms with van der Waals surface area (Å²) >= 11 is 0. The molecular weight excluding hydrogens is 344 g/mol. The molecule has 0 saturated carbocycles. The second-order valence-electron chi connectivity index (χ2n) is 6.70. The molecular formula is C20H20N4O3. The largest absolute Gasteiger partial charge is 0.507 e. The lowest BCUT2D eigenvalue weighted by molar-refractivity contribution is 0.432. The van der Waals surface area contributed by atoms with Crippen LogP contribution in [-0.4, -0.2) is 20.6 Å². The van der Waals surface area contributed by atoms with Crippen molar-refractivity contribution in [3.8, 4) is 5.75 Å². The van der Waals surface area contributed by atoms with E-state index in [0.29, 0.717) is 17.9 Å². The molecule has 138 valence electrons. The van der Waals surface area contributed by atoms with Gasteiger partial charge in [0.1, 0.15) is 17.1 Å². The van der Waals surface area contributed by atoms with E-state index in [1.807, 2.05) is 55.5 Å². The van der Waals surface area contributed by atoms with Crippen LogP contribution in [0.15, 0.2) is 56.9 Å². The maximum Gasteiger partial charge on any atom is 0.348 e. The molecule has 1 aliphatic rings. The summed E-state index contributed by atoms with van der Waals surface area (Å²) in [6.07, 6.45) is 2.43. The van der Waals surface area contributed by atoms with Gasteiger partial charge in [-0.2, -0.15) is 10.2 Å². The molecule has 27 heavy (non-hydrogen) atoms. The van der Waals surface area contributed by atoms with Gasteiger partial charge in [0.15, 0.2) is 0 Å². The van der Waals surface area contributed by atoms with E-state index in [2.05, 4.69) is 10.2 Å². The standard InChI is InChI=1S/C20H20N4O3/c1-12-9-18(25)19(20(26)27-12)16-10-17(15-11-23(3)21-13(15)2)24(22-16)14-7-5-4-6-8-14/h4-9,11,17,25H,10H2,1-3H3/t17-/m1/s1. The van der Waals surface area contributed by atoms with Gasteiger partial charge in [-0.1, -0.05) is 18.2 Å². The van der Waals surface area contributed by atoms with Gasteiger partial charge in [0.25, 0.3) is 0 Å². The molecule has 3 aromatic rings. The van der Waals surface area contributed by atoms with E-state index in [0.717, 1.165) is 16.9 Å². The van der Waals surface area contributed by atoms with Crippen LogP contribution in [-0.2, 0) is 7.05 Å². The van der Waals surface area contributed by atoms with Crippen LogP contribution in [0.25, 0.3) is 0 Å². The topological polar surface area (TPSA) is 83.9 Å². The van der Waals surface area contributed by atoms with Gasteiger partial charge < -0.3 is 9.52 Å². The Morgan fingerprint density at radius 2 is 1.96 bits per heavy atom. The molecule has 1 aromatic carbocycles. The number of hydrazone groups is 1. The first-order chi connectivity index (χ1) is 12.9. The van der Waals surface area contributed by atoms with Crippen molar-refractivity contribution in [2.45, 2.75) is 26.3 Å². The second-order valence-corrected chi connectivity index (χ2v) is 6.70. The molecule has 4 rings (SSSR count). The molecule has 0 bridgehead atoms. The molecule has 0 spiro atoms. The molecule has 1 aliphatic heterocycles. The Balaban J connectivity index is 1.84. The SMILES string of the molecule is Cc1cc(O)c(C2=NN(c3ccccc3)[C@@H](c3cn(C)nc3C)C2)c(=O)o1. The van der Waals surface area contributed by atoms with E-state index in [9.17, 15) is 9.90 Å². The summed E-state index contributed by atoms with van der Waals surface area (Å²) in [4.78, 5) is 12.4. The Morgan fingerprint density at radius 3 is 2.59 bits per heavy atom. The number of rotatable bonds is 3. The predicted octanol–water partition coefficient (Wildman–Crippen LogP) is 3.05. The van der Waals surface area contributed by atoms with Crippen molar-refractivity contribution in [3.63, 3.8) is 0 Å². The zero-order chi connectivity index (χ0) is 19.1. The Bertz CT molecular complexity index is 1080. The van der Waals surface area contributed by atoms with Crippen LogP contribution < -0.4 is 10.6 Å². The van der Waals surface area contributed by atoms with E-state index >= 15 is 0 Å². The van der Waals surface area contributed by atoms with E-state index in [-0.39, 0.29) is 17.4 Å². The van der Waals surface area contributed by atoms with Crippen LogP contribution in [0.4, 0.5) is 5.69 Å². The number of benzene rings is 1. The van der Waals surface area contributed by atoms with Crippen LogP contribution in [0.1, 0.15) is 35.0 Å². The van der Waals surface area contributed by atoms with Gasteiger partial charge in [0, 0.05) is 31.3 Å². The highest BCUT2D eigenvalue weighted by molar-refractivity contribution is 6.04. The molecule has 2 aromatic heterocycles. The van der Waals surface area contributed by atoms with Crippen LogP contribution in [0, 0.1) is 13.8 Å². The minimum absolute atomic E-state index is 0.112. The van der Waals surface area contributed by atoms with Crippen LogP contribution in [0.2, 0.25) is 0 Å². The van der Waals surface area contributed by atoms with Crippen molar-refractivity contribution in [2.75, 3.05) is 5.01 Å². The fourth-order valence-corrected chi connectivity index (χ4v) is 3.53. The summed E-state index contributed by atoms with van der Waals surface area (Å²) in [6, 6.07) is 11.0. The first-order valence-electron chi connectivity index (χ1n) is 8.70. The highest BCUT2D eigenvalue weighted by Gasteiger charge is 2.34. The zero-order valence-electron chi connectivity index (χ0n) is 15.4. The van der Waals surface area contributed by atoms with Crippen molar-refractivity contribution < 1.29 is 9.52 Å². The van der Waals surface area contributed by atoms with Crippen LogP contribution >= 0.6 is 0 Å². The number of nitrogens with zero attached hydrogens (tertiary/aromatic N) is 4. The molecule has 3 heterocycles. The summed E-state index contributed by atoms with van der Waals surface area (Å²) in [5.74, 6) is 0.249. The van der Waals surface area contributed by atoms with Gasteiger partial charge >= 0.3 is 5.63 Å². The first-order valence-corrected chi connectivity index (χ1v) is 8.70. The molecule has 1 N–H and O–H groups in total. The number of anilines is 1. The number of aromatic nitrogens is 2. The fourth-order valence-electron chi connectivity index (χ4n) is 3.53. The van der Waals surface area contributed by atoms with Gasteiger partial charge in [-0.15, -0.1) is 0 Å². The quantitative estimate of drug-likeness (QED) is 0.772. The minimum Gasteiger partial charge on any atom is -0.507 e. The lowest BCUT2D eigenvalue weighted by Gasteiger charge is -2.23. The zero-order valence-corrected chi connectivity index (χ0v) is 15.4. The Kier molecular flexibility index (Phi) is 4.07. The number of aryl methyl sites for hydroxylation is 3. The summed E-state index contributed by atoms with van der Waals surface area (Å²) in [5, 5.41) is 21.3. The number of hydrogen-bond donors (Lipinski definition) is 1. The summed E-state index contributed by atoms with van der Waals surface area (Å²) < 4.78 is 6.95. The Labute approximate surface area is 156 Å². The second kappa shape index (κ2) is 6.42. The number of aromatic hydroxyl groups is 1. The smallest absolute Gasteiger partial charge is 0.348 e. The fraction of sp³-hybridized carbons (Fsp3) is 0.250. The van der Waals surface area contributed by atoms with E-state index in [1.165, 1.54) is 6.07 Å². The van der Waals surface area contributed by atoms with Crippen molar-refractivity contribution in [1.29, 1.82) is 0 Å². The molecule has 1 atom stereocenters. The van der Waals surface area contributed by atoms with E-state index in [1.54, 1.807) is 11.6 Å². The van der Waals surface area contributed by atoms with Gasteiger partial charge in [0.05, 0.1) is 23.1 Å². The summed E-state index contributed by atoms with van der Waals surface area (Å²) in [7, 11) is 1.88. The van der Waals surface area contributed by atoms with Gasteiger partial charge in [-0.25, -0.2) is 4.79 Å². The molecule has 0 amide bonds. The first kappa shape index (κ1) is 17.1. The van der Waals surface area contributed by atoms with Gasteiger partial charge in [-0.05, 0) is 26.0 Å².